The normalized spacial score (nSPS) is 11.1. The molecular formula is C19H12Cl2N2OS. The maximum absolute atomic E-state index is 12.5. The third-order valence-corrected chi connectivity index (χ3v) is 5.58. The van der Waals surface area contributed by atoms with Crippen molar-refractivity contribution in [3.63, 3.8) is 0 Å². The molecule has 25 heavy (non-hydrogen) atoms. The van der Waals surface area contributed by atoms with E-state index in [0.717, 1.165) is 26.6 Å². The number of nitrogens with one attached hydrogen (secondary N) is 1. The molecule has 0 unspecified atom stereocenters. The van der Waals surface area contributed by atoms with Gasteiger partial charge in [-0.05, 0) is 29.8 Å². The van der Waals surface area contributed by atoms with Crippen LogP contribution in [0.15, 0.2) is 54.6 Å². The topological polar surface area (TPSA) is 42.0 Å². The SMILES string of the molecule is O=C(NCc1cccc(Cl)c1)c1cc2c(Cl)nc3ccccc3c2s1. The Hall–Kier alpha value is -2.14. The minimum absolute atomic E-state index is 0.138. The quantitative estimate of drug-likeness (QED) is 0.459. The van der Waals surface area contributed by atoms with Crippen LogP contribution in [0.3, 0.4) is 0 Å². The van der Waals surface area contributed by atoms with Gasteiger partial charge >= 0.3 is 0 Å². The van der Waals surface area contributed by atoms with Crippen molar-refractivity contribution in [3.8, 4) is 0 Å². The van der Waals surface area contributed by atoms with Gasteiger partial charge < -0.3 is 5.32 Å². The molecule has 1 N–H and O–H groups in total. The summed E-state index contributed by atoms with van der Waals surface area (Å²) in [5.41, 5.74) is 1.78. The molecule has 6 heteroatoms. The summed E-state index contributed by atoms with van der Waals surface area (Å²) in [7, 11) is 0. The third-order valence-electron chi connectivity index (χ3n) is 3.89. The molecule has 3 nitrogen and oxygen atoms in total. The van der Waals surface area contributed by atoms with E-state index in [0.29, 0.717) is 21.6 Å². The zero-order valence-electron chi connectivity index (χ0n) is 12.9. The maximum atomic E-state index is 12.5. The summed E-state index contributed by atoms with van der Waals surface area (Å²) in [6.07, 6.45) is 0. The largest absolute Gasteiger partial charge is 0.347 e. The van der Waals surface area contributed by atoms with E-state index in [1.165, 1.54) is 11.3 Å². The number of carbonyl (C=O) groups excluding carboxylic acids is 1. The van der Waals surface area contributed by atoms with E-state index in [4.69, 9.17) is 23.2 Å². The third kappa shape index (κ3) is 3.21. The molecule has 0 aliphatic rings. The fraction of sp³-hybridized carbons (Fsp3) is 0.0526. The minimum atomic E-state index is -0.138. The molecule has 4 aromatic rings. The molecule has 1 amide bonds. The maximum Gasteiger partial charge on any atom is 0.261 e. The minimum Gasteiger partial charge on any atom is -0.347 e. The number of carbonyl (C=O) groups is 1. The standard InChI is InChI=1S/C19H12Cl2N2OS/c20-12-5-3-4-11(8-12)10-22-19(24)16-9-14-17(25-16)13-6-1-2-7-15(13)23-18(14)21/h1-9H,10H2,(H,22,24). The number of halogens is 2. The predicted octanol–water partition coefficient (Wildman–Crippen LogP) is 5.69. The Labute approximate surface area is 158 Å². The van der Waals surface area contributed by atoms with Crippen LogP contribution in [0.1, 0.15) is 15.2 Å². The molecular weight excluding hydrogens is 375 g/mol. The summed E-state index contributed by atoms with van der Waals surface area (Å²) in [5.74, 6) is -0.138. The molecule has 0 saturated carbocycles. The lowest BCUT2D eigenvalue weighted by Gasteiger charge is -2.04. The molecule has 0 aliphatic carbocycles. The van der Waals surface area contributed by atoms with Gasteiger partial charge in [0.05, 0.1) is 10.4 Å². The summed E-state index contributed by atoms with van der Waals surface area (Å²) >= 11 is 13.7. The van der Waals surface area contributed by atoms with Crippen molar-refractivity contribution in [2.75, 3.05) is 0 Å². The molecule has 2 heterocycles. The number of pyridine rings is 1. The van der Waals surface area contributed by atoms with Gasteiger partial charge in [0.15, 0.2) is 0 Å². The highest BCUT2D eigenvalue weighted by molar-refractivity contribution is 7.21. The van der Waals surface area contributed by atoms with E-state index < -0.39 is 0 Å². The Bertz CT molecular complexity index is 1110. The number of nitrogens with zero attached hydrogens (tertiary/aromatic N) is 1. The van der Waals surface area contributed by atoms with Gasteiger partial charge in [-0.15, -0.1) is 11.3 Å². The van der Waals surface area contributed by atoms with E-state index in [1.54, 1.807) is 12.1 Å². The molecule has 2 aromatic carbocycles. The van der Waals surface area contributed by atoms with Crippen LogP contribution in [0, 0.1) is 0 Å². The van der Waals surface area contributed by atoms with Gasteiger partial charge in [-0.1, -0.05) is 53.5 Å². The first-order chi connectivity index (χ1) is 12.1. The number of hydrogen-bond acceptors (Lipinski definition) is 3. The van der Waals surface area contributed by atoms with Crippen molar-refractivity contribution < 1.29 is 4.79 Å². The number of amides is 1. The van der Waals surface area contributed by atoms with Crippen LogP contribution in [0.25, 0.3) is 21.0 Å². The molecule has 0 radical (unpaired) electrons. The van der Waals surface area contributed by atoms with Crippen LogP contribution < -0.4 is 5.32 Å². The molecule has 2 aromatic heterocycles. The number of para-hydroxylation sites is 1. The monoisotopic (exact) mass is 386 g/mol. The molecule has 124 valence electrons. The van der Waals surface area contributed by atoms with Crippen LogP contribution in [-0.4, -0.2) is 10.9 Å². The van der Waals surface area contributed by atoms with E-state index in [-0.39, 0.29) is 5.91 Å². The van der Waals surface area contributed by atoms with Crippen LogP contribution in [0.2, 0.25) is 10.2 Å². The average Bonchev–Trinajstić information content (AvgIpc) is 3.06. The number of fused-ring (bicyclic) bond motifs is 3. The summed E-state index contributed by atoms with van der Waals surface area (Å²) in [6, 6.07) is 17.0. The second-order valence-corrected chi connectivity index (χ2v) is 7.43. The molecule has 0 spiro atoms. The molecule has 0 saturated heterocycles. The zero-order valence-corrected chi connectivity index (χ0v) is 15.3. The highest BCUT2D eigenvalue weighted by Gasteiger charge is 2.15. The summed E-state index contributed by atoms with van der Waals surface area (Å²) < 4.78 is 0.975. The number of thiophene rings is 1. The van der Waals surface area contributed by atoms with Crippen molar-refractivity contribution in [1.29, 1.82) is 0 Å². The van der Waals surface area contributed by atoms with Crippen LogP contribution in [0.4, 0.5) is 0 Å². The lowest BCUT2D eigenvalue weighted by atomic mass is 10.2. The van der Waals surface area contributed by atoms with Gasteiger partial charge in [-0.2, -0.15) is 0 Å². The highest BCUT2D eigenvalue weighted by atomic mass is 35.5. The Balaban J connectivity index is 1.66. The Morgan fingerprint density at radius 1 is 1.04 bits per heavy atom. The Morgan fingerprint density at radius 2 is 1.88 bits per heavy atom. The van der Waals surface area contributed by atoms with E-state index >= 15 is 0 Å². The van der Waals surface area contributed by atoms with Crippen molar-refractivity contribution in [1.82, 2.24) is 10.3 Å². The molecule has 0 aliphatic heterocycles. The van der Waals surface area contributed by atoms with Gasteiger partial charge in [0.1, 0.15) is 5.15 Å². The molecule has 0 fully saturated rings. The number of benzene rings is 2. The van der Waals surface area contributed by atoms with Crippen LogP contribution in [-0.2, 0) is 6.54 Å². The van der Waals surface area contributed by atoms with Gasteiger partial charge in [-0.25, -0.2) is 4.98 Å². The fourth-order valence-electron chi connectivity index (χ4n) is 2.70. The molecule has 0 bridgehead atoms. The van der Waals surface area contributed by atoms with E-state index in [1.807, 2.05) is 42.5 Å². The average molecular weight is 387 g/mol. The molecule has 0 atom stereocenters. The summed E-state index contributed by atoms with van der Waals surface area (Å²) in [6.45, 7) is 0.417. The second-order valence-electron chi connectivity index (χ2n) is 5.59. The number of aromatic nitrogens is 1. The van der Waals surface area contributed by atoms with Gasteiger partial charge in [0.25, 0.3) is 5.91 Å². The molecule has 4 rings (SSSR count). The predicted molar refractivity (Wildman–Crippen MR) is 105 cm³/mol. The van der Waals surface area contributed by atoms with Crippen molar-refractivity contribution in [3.05, 3.63) is 75.2 Å². The summed E-state index contributed by atoms with van der Waals surface area (Å²) in [5, 5.41) is 5.79. The number of hydrogen-bond donors (Lipinski definition) is 1. The van der Waals surface area contributed by atoms with Crippen LogP contribution >= 0.6 is 34.5 Å². The zero-order chi connectivity index (χ0) is 17.4. The summed E-state index contributed by atoms with van der Waals surface area (Å²) in [4.78, 5) is 17.5. The van der Waals surface area contributed by atoms with Gasteiger partial charge in [0.2, 0.25) is 0 Å². The van der Waals surface area contributed by atoms with Crippen molar-refractivity contribution in [2.24, 2.45) is 0 Å². The fourth-order valence-corrected chi connectivity index (χ4v) is 4.32. The van der Waals surface area contributed by atoms with Crippen molar-refractivity contribution in [2.45, 2.75) is 6.54 Å². The lowest BCUT2D eigenvalue weighted by molar-refractivity contribution is 0.0955. The first kappa shape index (κ1) is 16.3. The van der Waals surface area contributed by atoms with Crippen molar-refractivity contribution >= 4 is 61.4 Å². The van der Waals surface area contributed by atoms with Gasteiger partial charge in [-0.3, -0.25) is 4.79 Å². The van der Waals surface area contributed by atoms with Gasteiger partial charge in [0, 0.05) is 27.0 Å². The lowest BCUT2D eigenvalue weighted by Crippen LogP contribution is -2.21. The first-order valence-electron chi connectivity index (χ1n) is 7.62. The van der Waals surface area contributed by atoms with E-state index in [9.17, 15) is 4.79 Å². The Morgan fingerprint density at radius 3 is 2.72 bits per heavy atom. The highest BCUT2D eigenvalue weighted by Crippen LogP contribution is 2.35. The smallest absolute Gasteiger partial charge is 0.261 e. The van der Waals surface area contributed by atoms with E-state index in [2.05, 4.69) is 10.3 Å². The first-order valence-corrected chi connectivity index (χ1v) is 9.19. The second kappa shape index (κ2) is 6.64. The Kier molecular flexibility index (Phi) is 4.34. The van der Waals surface area contributed by atoms with Crippen LogP contribution in [0.5, 0.6) is 0 Å². The number of rotatable bonds is 3.